The van der Waals surface area contributed by atoms with Gasteiger partial charge in [0.15, 0.2) is 0 Å². The molecule has 100 valence electrons. The zero-order valence-electron chi connectivity index (χ0n) is 11.1. The van der Waals surface area contributed by atoms with Gasteiger partial charge in [-0.15, -0.1) is 0 Å². The van der Waals surface area contributed by atoms with Crippen LogP contribution in [0, 0.1) is 5.82 Å². The summed E-state index contributed by atoms with van der Waals surface area (Å²) < 4.78 is 13.1. The highest BCUT2D eigenvalue weighted by atomic mass is 19.1. The van der Waals surface area contributed by atoms with Crippen LogP contribution in [0.4, 0.5) is 4.39 Å². The van der Waals surface area contributed by atoms with Crippen LogP contribution < -0.4 is 0 Å². The van der Waals surface area contributed by atoms with Crippen molar-refractivity contribution in [2.24, 2.45) is 0 Å². The van der Waals surface area contributed by atoms with Gasteiger partial charge in [0, 0.05) is 12.6 Å². The summed E-state index contributed by atoms with van der Waals surface area (Å²) in [4.78, 5) is 13.3. The maximum atomic E-state index is 13.1. The zero-order valence-corrected chi connectivity index (χ0v) is 11.1. The molecule has 0 heterocycles. The molecule has 1 aromatic rings. The Balaban J connectivity index is 2.98. The molecule has 0 fully saturated rings. The minimum absolute atomic E-state index is 0.0525. The van der Waals surface area contributed by atoms with Gasteiger partial charge in [-0.1, -0.05) is 13.0 Å². The van der Waals surface area contributed by atoms with Crippen molar-refractivity contribution in [1.29, 1.82) is 0 Å². The molecule has 1 aromatic carbocycles. The minimum Gasteiger partial charge on any atom is -0.478 e. The summed E-state index contributed by atoms with van der Waals surface area (Å²) in [6.45, 7) is 7.65. The van der Waals surface area contributed by atoms with Crippen LogP contribution in [0.5, 0.6) is 0 Å². The molecule has 0 aliphatic heterocycles. The van der Waals surface area contributed by atoms with E-state index in [4.69, 9.17) is 5.11 Å². The molecular weight excluding hydrogens is 233 g/mol. The maximum absolute atomic E-state index is 13.1. The van der Waals surface area contributed by atoms with E-state index in [1.807, 2.05) is 0 Å². The zero-order chi connectivity index (χ0) is 13.7. The SMILES string of the molecule is CCCN(Cc1ccc(F)cc1C(=O)O)C(C)C. The molecule has 0 unspecified atom stereocenters. The molecule has 0 amide bonds. The van der Waals surface area contributed by atoms with E-state index in [2.05, 4.69) is 25.7 Å². The van der Waals surface area contributed by atoms with Gasteiger partial charge in [-0.05, 0) is 44.5 Å². The number of carbonyl (C=O) groups is 1. The monoisotopic (exact) mass is 253 g/mol. The van der Waals surface area contributed by atoms with Gasteiger partial charge in [0.05, 0.1) is 5.56 Å². The molecule has 3 nitrogen and oxygen atoms in total. The average molecular weight is 253 g/mol. The molecule has 0 aromatic heterocycles. The quantitative estimate of drug-likeness (QED) is 0.846. The number of carboxylic acids is 1. The molecular formula is C14H20FNO2. The Labute approximate surface area is 107 Å². The second-order valence-corrected chi connectivity index (χ2v) is 4.67. The largest absolute Gasteiger partial charge is 0.478 e. The van der Waals surface area contributed by atoms with Crippen molar-refractivity contribution < 1.29 is 14.3 Å². The van der Waals surface area contributed by atoms with Crippen LogP contribution in [0.25, 0.3) is 0 Å². The molecule has 0 spiro atoms. The minimum atomic E-state index is -1.08. The first kappa shape index (κ1) is 14.6. The van der Waals surface area contributed by atoms with Crippen molar-refractivity contribution in [3.05, 3.63) is 35.1 Å². The highest BCUT2D eigenvalue weighted by Crippen LogP contribution is 2.16. The fourth-order valence-corrected chi connectivity index (χ4v) is 1.91. The molecule has 4 heteroatoms. The summed E-state index contributed by atoms with van der Waals surface area (Å²) in [6.07, 6.45) is 1.00. The molecule has 0 aliphatic rings. The molecule has 1 N–H and O–H groups in total. The Hall–Kier alpha value is -1.42. The topological polar surface area (TPSA) is 40.5 Å². The number of nitrogens with zero attached hydrogens (tertiary/aromatic N) is 1. The third-order valence-corrected chi connectivity index (χ3v) is 2.92. The third kappa shape index (κ3) is 3.81. The number of halogens is 1. The second-order valence-electron chi connectivity index (χ2n) is 4.67. The number of aromatic carboxylic acids is 1. The summed E-state index contributed by atoms with van der Waals surface area (Å²) >= 11 is 0. The molecule has 0 saturated heterocycles. The Kier molecular flexibility index (Phi) is 5.28. The molecule has 18 heavy (non-hydrogen) atoms. The van der Waals surface area contributed by atoms with E-state index in [1.165, 1.54) is 6.07 Å². The summed E-state index contributed by atoms with van der Waals surface area (Å²) in [5.41, 5.74) is 0.711. The highest BCUT2D eigenvalue weighted by Gasteiger charge is 2.15. The van der Waals surface area contributed by atoms with Gasteiger partial charge in [0.2, 0.25) is 0 Å². The van der Waals surface area contributed by atoms with Crippen molar-refractivity contribution in [3.63, 3.8) is 0 Å². The van der Waals surface area contributed by atoms with Crippen LogP contribution in [0.15, 0.2) is 18.2 Å². The number of carboxylic acid groups (broad SMARTS) is 1. The smallest absolute Gasteiger partial charge is 0.336 e. The third-order valence-electron chi connectivity index (χ3n) is 2.92. The van der Waals surface area contributed by atoms with Crippen LogP contribution in [0.2, 0.25) is 0 Å². The van der Waals surface area contributed by atoms with Gasteiger partial charge in [-0.3, -0.25) is 4.90 Å². The number of benzene rings is 1. The highest BCUT2D eigenvalue weighted by molar-refractivity contribution is 5.89. The van der Waals surface area contributed by atoms with E-state index in [0.29, 0.717) is 18.2 Å². The van der Waals surface area contributed by atoms with E-state index in [9.17, 15) is 9.18 Å². The number of hydrogen-bond donors (Lipinski definition) is 1. The molecule has 1 rings (SSSR count). The standard InChI is InChI=1S/C14H20FNO2/c1-4-7-16(10(2)3)9-11-5-6-12(15)8-13(11)14(17)18/h5-6,8,10H,4,7,9H2,1-3H3,(H,17,18). The van der Waals surface area contributed by atoms with Crippen molar-refractivity contribution in [2.75, 3.05) is 6.54 Å². The molecule has 0 saturated carbocycles. The first-order valence-corrected chi connectivity index (χ1v) is 6.21. The second kappa shape index (κ2) is 6.50. The lowest BCUT2D eigenvalue weighted by Gasteiger charge is -2.26. The predicted molar refractivity (Wildman–Crippen MR) is 69.2 cm³/mol. The molecule has 0 aliphatic carbocycles. The Bertz CT molecular complexity index is 418. The Morgan fingerprint density at radius 1 is 1.44 bits per heavy atom. The number of rotatable bonds is 6. The Morgan fingerprint density at radius 3 is 2.61 bits per heavy atom. The van der Waals surface area contributed by atoms with Crippen LogP contribution in [0.3, 0.4) is 0 Å². The summed E-state index contributed by atoms with van der Waals surface area (Å²) in [5.74, 6) is -1.59. The molecule has 0 bridgehead atoms. The van der Waals surface area contributed by atoms with E-state index in [1.54, 1.807) is 6.07 Å². The van der Waals surface area contributed by atoms with Gasteiger partial charge < -0.3 is 5.11 Å². The van der Waals surface area contributed by atoms with Crippen molar-refractivity contribution in [2.45, 2.75) is 39.8 Å². The van der Waals surface area contributed by atoms with Crippen LogP contribution in [-0.2, 0) is 6.54 Å². The van der Waals surface area contributed by atoms with Crippen molar-refractivity contribution in [3.8, 4) is 0 Å². The lowest BCUT2D eigenvalue weighted by Crippen LogP contribution is -2.31. The maximum Gasteiger partial charge on any atom is 0.336 e. The fraction of sp³-hybridized carbons (Fsp3) is 0.500. The van der Waals surface area contributed by atoms with Gasteiger partial charge in [0.1, 0.15) is 5.82 Å². The average Bonchev–Trinajstić information content (AvgIpc) is 2.30. The lowest BCUT2D eigenvalue weighted by molar-refractivity contribution is 0.0693. The fourth-order valence-electron chi connectivity index (χ4n) is 1.91. The first-order chi connectivity index (χ1) is 8.45. The summed E-state index contributed by atoms with van der Waals surface area (Å²) in [7, 11) is 0. The molecule has 0 radical (unpaired) electrons. The van der Waals surface area contributed by atoms with Gasteiger partial charge in [-0.25, -0.2) is 9.18 Å². The molecule has 0 atom stereocenters. The Morgan fingerprint density at radius 2 is 2.11 bits per heavy atom. The van der Waals surface area contributed by atoms with Crippen LogP contribution >= 0.6 is 0 Å². The van der Waals surface area contributed by atoms with Gasteiger partial charge in [0.25, 0.3) is 0 Å². The van der Waals surface area contributed by atoms with E-state index < -0.39 is 11.8 Å². The van der Waals surface area contributed by atoms with Gasteiger partial charge in [-0.2, -0.15) is 0 Å². The van der Waals surface area contributed by atoms with E-state index in [0.717, 1.165) is 19.0 Å². The first-order valence-electron chi connectivity index (χ1n) is 6.21. The van der Waals surface area contributed by atoms with Crippen LogP contribution in [-0.4, -0.2) is 28.6 Å². The van der Waals surface area contributed by atoms with Crippen molar-refractivity contribution in [1.82, 2.24) is 4.90 Å². The normalized spacial score (nSPS) is 11.2. The van der Waals surface area contributed by atoms with E-state index >= 15 is 0 Å². The van der Waals surface area contributed by atoms with Crippen molar-refractivity contribution >= 4 is 5.97 Å². The summed E-state index contributed by atoms with van der Waals surface area (Å²) in [6, 6.07) is 4.29. The lowest BCUT2D eigenvalue weighted by atomic mass is 10.1. The van der Waals surface area contributed by atoms with E-state index in [-0.39, 0.29) is 5.56 Å². The number of hydrogen-bond acceptors (Lipinski definition) is 2. The summed E-state index contributed by atoms with van der Waals surface area (Å²) in [5, 5.41) is 9.09. The predicted octanol–water partition coefficient (Wildman–Crippen LogP) is 3.14. The van der Waals surface area contributed by atoms with Gasteiger partial charge >= 0.3 is 5.97 Å². The van der Waals surface area contributed by atoms with Crippen LogP contribution in [0.1, 0.15) is 43.1 Å².